The van der Waals surface area contributed by atoms with Gasteiger partial charge in [-0.3, -0.25) is 0 Å². The summed E-state index contributed by atoms with van der Waals surface area (Å²) < 4.78 is 5.90. The maximum atomic E-state index is 5.90. The van der Waals surface area contributed by atoms with Crippen LogP contribution >= 0.6 is 0 Å². The Hall–Kier alpha value is -0.0800. The van der Waals surface area contributed by atoms with Crippen LogP contribution in [0.15, 0.2) is 0 Å². The lowest BCUT2D eigenvalue weighted by molar-refractivity contribution is 0.0539. The molecule has 0 saturated heterocycles. The van der Waals surface area contributed by atoms with E-state index in [4.69, 9.17) is 4.74 Å². The summed E-state index contributed by atoms with van der Waals surface area (Å²) >= 11 is 0. The quantitative estimate of drug-likeness (QED) is 0.741. The van der Waals surface area contributed by atoms with Gasteiger partial charge in [-0.2, -0.15) is 0 Å². The van der Waals surface area contributed by atoms with Gasteiger partial charge in [-0.1, -0.05) is 39.5 Å². The average molecular weight is 239 g/mol. The highest BCUT2D eigenvalue weighted by atomic mass is 16.5. The van der Waals surface area contributed by atoms with Gasteiger partial charge in [0.05, 0.1) is 12.7 Å². The Bertz CT molecular complexity index is 221. The first-order chi connectivity index (χ1) is 8.18. The van der Waals surface area contributed by atoms with Crippen molar-refractivity contribution in [1.82, 2.24) is 5.32 Å². The Kier molecular flexibility index (Phi) is 4.87. The van der Waals surface area contributed by atoms with E-state index in [2.05, 4.69) is 19.2 Å². The molecule has 0 radical (unpaired) electrons. The third-order valence-electron chi connectivity index (χ3n) is 4.66. The fraction of sp³-hybridized carbons (Fsp3) is 1.00. The van der Waals surface area contributed by atoms with Crippen molar-refractivity contribution < 1.29 is 4.74 Å². The normalized spacial score (nSPS) is 29.6. The molecule has 0 aromatic rings. The van der Waals surface area contributed by atoms with E-state index in [9.17, 15) is 0 Å². The minimum atomic E-state index is 0.478. The highest BCUT2D eigenvalue weighted by Gasteiger charge is 2.31. The van der Waals surface area contributed by atoms with Crippen LogP contribution in [0.2, 0.25) is 0 Å². The molecule has 1 atom stereocenters. The zero-order valence-corrected chi connectivity index (χ0v) is 11.6. The molecular weight excluding hydrogens is 210 g/mol. The molecule has 0 aromatic carbocycles. The minimum Gasteiger partial charge on any atom is -0.377 e. The van der Waals surface area contributed by atoms with E-state index in [0.29, 0.717) is 17.6 Å². The third-order valence-corrected chi connectivity index (χ3v) is 4.66. The Morgan fingerprint density at radius 1 is 1.06 bits per heavy atom. The Labute approximate surface area is 107 Å². The lowest BCUT2D eigenvalue weighted by atomic mass is 9.73. The maximum absolute atomic E-state index is 5.90. The lowest BCUT2D eigenvalue weighted by Crippen LogP contribution is -2.45. The van der Waals surface area contributed by atoms with Gasteiger partial charge < -0.3 is 10.1 Å². The molecule has 1 N–H and O–H groups in total. The lowest BCUT2D eigenvalue weighted by Gasteiger charge is -2.39. The van der Waals surface area contributed by atoms with E-state index >= 15 is 0 Å². The second kappa shape index (κ2) is 6.19. The summed E-state index contributed by atoms with van der Waals surface area (Å²) in [5, 5.41) is 3.71. The number of nitrogens with one attached hydrogen (secondary N) is 1. The van der Waals surface area contributed by atoms with E-state index in [-0.39, 0.29) is 0 Å². The van der Waals surface area contributed by atoms with Crippen LogP contribution in [0.1, 0.15) is 65.2 Å². The van der Waals surface area contributed by atoms with Crippen molar-refractivity contribution in [1.29, 1.82) is 0 Å². The fourth-order valence-corrected chi connectivity index (χ4v) is 3.39. The van der Waals surface area contributed by atoms with Gasteiger partial charge >= 0.3 is 0 Å². The Morgan fingerprint density at radius 3 is 2.47 bits per heavy atom. The van der Waals surface area contributed by atoms with Crippen molar-refractivity contribution >= 4 is 0 Å². The van der Waals surface area contributed by atoms with Crippen LogP contribution in [0, 0.1) is 5.41 Å². The summed E-state index contributed by atoms with van der Waals surface area (Å²) in [6.07, 6.45) is 11.4. The van der Waals surface area contributed by atoms with E-state index in [1.807, 2.05) is 0 Å². The third kappa shape index (κ3) is 3.96. The summed E-state index contributed by atoms with van der Waals surface area (Å²) in [5.74, 6) is 0. The van der Waals surface area contributed by atoms with E-state index in [1.54, 1.807) is 0 Å². The molecule has 2 rings (SSSR count). The summed E-state index contributed by atoms with van der Waals surface area (Å²) in [5.41, 5.74) is 0.478. The highest BCUT2D eigenvalue weighted by molar-refractivity contribution is 4.87. The van der Waals surface area contributed by atoms with E-state index < -0.39 is 0 Å². The summed E-state index contributed by atoms with van der Waals surface area (Å²) in [4.78, 5) is 0. The second-order valence-corrected chi connectivity index (χ2v) is 6.52. The summed E-state index contributed by atoms with van der Waals surface area (Å²) in [6, 6.07) is 0.698. The Morgan fingerprint density at radius 2 is 1.76 bits per heavy atom. The largest absolute Gasteiger partial charge is 0.377 e. The van der Waals surface area contributed by atoms with Crippen LogP contribution in [0.25, 0.3) is 0 Å². The van der Waals surface area contributed by atoms with Crippen molar-refractivity contribution in [3.05, 3.63) is 0 Å². The molecule has 0 aromatic heterocycles. The van der Waals surface area contributed by atoms with Crippen molar-refractivity contribution in [3.8, 4) is 0 Å². The van der Waals surface area contributed by atoms with Crippen LogP contribution in [0.4, 0.5) is 0 Å². The second-order valence-electron chi connectivity index (χ2n) is 6.52. The first kappa shape index (κ1) is 13.4. The van der Waals surface area contributed by atoms with Crippen LogP contribution in [0.5, 0.6) is 0 Å². The highest BCUT2D eigenvalue weighted by Crippen LogP contribution is 2.35. The van der Waals surface area contributed by atoms with Gasteiger partial charge in [0.2, 0.25) is 0 Å². The standard InChI is InChI=1S/C15H29NO/c1-15(2)10-6-5-9-14(15)16-11-12-17-13-7-3-4-8-13/h13-14,16H,3-12H2,1-2H3. The molecule has 100 valence electrons. The van der Waals surface area contributed by atoms with Gasteiger partial charge in [-0.25, -0.2) is 0 Å². The van der Waals surface area contributed by atoms with Gasteiger partial charge in [0.25, 0.3) is 0 Å². The van der Waals surface area contributed by atoms with Crippen molar-refractivity contribution in [2.45, 2.75) is 77.4 Å². The van der Waals surface area contributed by atoms with Gasteiger partial charge in [0.1, 0.15) is 0 Å². The van der Waals surface area contributed by atoms with Crippen LogP contribution in [0.3, 0.4) is 0 Å². The molecule has 0 amide bonds. The minimum absolute atomic E-state index is 0.478. The average Bonchev–Trinajstić information content (AvgIpc) is 2.79. The summed E-state index contributed by atoms with van der Waals surface area (Å²) in [7, 11) is 0. The van der Waals surface area contributed by atoms with Crippen molar-refractivity contribution in [2.75, 3.05) is 13.2 Å². The van der Waals surface area contributed by atoms with Gasteiger partial charge in [-0.15, -0.1) is 0 Å². The van der Waals surface area contributed by atoms with Gasteiger partial charge in [0.15, 0.2) is 0 Å². The number of rotatable bonds is 5. The molecule has 2 fully saturated rings. The first-order valence-electron chi connectivity index (χ1n) is 7.53. The van der Waals surface area contributed by atoms with E-state index in [0.717, 1.165) is 13.2 Å². The molecular formula is C15H29NO. The predicted octanol–water partition coefficient (Wildman–Crippen LogP) is 3.50. The van der Waals surface area contributed by atoms with Gasteiger partial charge in [-0.05, 0) is 31.1 Å². The molecule has 1 unspecified atom stereocenters. The SMILES string of the molecule is CC1(C)CCCCC1NCCOC1CCCC1. The monoisotopic (exact) mass is 239 g/mol. The molecule has 2 heteroatoms. The van der Waals surface area contributed by atoms with Crippen molar-refractivity contribution in [3.63, 3.8) is 0 Å². The molecule has 2 nitrogen and oxygen atoms in total. The molecule has 0 heterocycles. The molecule has 2 aliphatic carbocycles. The van der Waals surface area contributed by atoms with E-state index in [1.165, 1.54) is 51.4 Å². The first-order valence-corrected chi connectivity index (χ1v) is 7.53. The Balaban J connectivity index is 1.60. The van der Waals surface area contributed by atoms with Crippen molar-refractivity contribution in [2.24, 2.45) is 5.41 Å². The smallest absolute Gasteiger partial charge is 0.0594 e. The summed E-state index contributed by atoms with van der Waals surface area (Å²) in [6.45, 7) is 6.74. The molecule has 2 saturated carbocycles. The fourth-order valence-electron chi connectivity index (χ4n) is 3.39. The maximum Gasteiger partial charge on any atom is 0.0594 e. The molecule has 17 heavy (non-hydrogen) atoms. The zero-order chi connectivity index (χ0) is 12.1. The molecule has 0 aliphatic heterocycles. The number of hydrogen-bond donors (Lipinski definition) is 1. The number of hydrogen-bond acceptors (Lipinski definition) is 2. The molecule has 0 bridgehead atoms. The van der Waals surface area contributed by atoms with Crippen LogP contribution in [-0.2, 0) is 4.74 Å². The van der Waals surface area contributed by atoms with Gasteiger partial charge in [0, 0.05) is 12.6 Å². The molecule has 2 aliphatic rings. The topological polar surface area (TPSA) is 21.3 Å². The molecule has 0 spiro atoms. The predicted molar refractivity (Wildman–Crippen MR) is 72.2 cm³/mol. The number of ether oxygens (including phenoxy) is 1. The zero-order valence-electron chi connectivity index (χ0n) is 11.6. The van der Waals surface area contributed by atoms with Crippen LogP contribution < -0.4 is 5.32 Å². The van der Waals surface area contributed by atoms with Crippen LogP contribution in [-0.4, -0.2) is 25.3 Å².